The predicted molar refractivity (Wildman–Crippen MR) is 79.6 cm³/mol. The maximum Gasteiger partial charge on any atom is 0.124 e. The fourth-order valence-electron chi connectivity index (χ4n) is 1.91. The molecule has 0 aromatic heterocycles. The van der Waals surface area contributed by atoms with E-state index in [2.05, 4.69) is 0 Å². The number of halogens is 1. The zero-order chi connectivity index (χ0) is 13.8. The summed E-state index contributed by atoms with van der Waals surface area (Å²) in [4.78, 5) is 0. The molecule has 0 unspecified atom stereocenters. The van der Waals surface area contributed by atoms with Crippen LogP contribution in [0.4, 0.5) is 0 Å². The Hall–Kier alpha value is -1.51. The maximum atomic E-state index is 6.12. The fraction of sp³-hybridized carbons (Fsp3) is 0.250. The van der Waals surface area contributed by atoms with E-state index < -0.39 is 0 Å². The van der Waals surface area contributed by atoms with Crippen LogP contribution in [0, 0.1) is 6.92 Å². The zero-order valence-corrected chi connectivity index (χ0v) is 11.9. The predicted octanol–water partition coefficient (Wildman–Crippen LogP) is 4.25. The molecular formula is C16H18ClNO. The van der Waals surface area contributed by atoms with Crippen LogP contribution in [0.2, 0.25) is 5.02 Å². The molecular weight excluding hydrogens is 258 g/mol. The van der Waals surface area contributed by atoms with Gasteiger partial charge in [-0.25, -0.2) is 0 Å². The first-order valence-electron chi connectivity index (χ1n) is 6.30. The normalized spacial score (nSPS) is 12.2. The Balaban J connectivity index is 2.19. The van der Waals surface area contributed by atoms with Gasteiger partial charge in [0.15, 0.2) is 0 Å². The SMILES string of the molecule is Cc1ccc([C@@H](C)N)c(OCc2ccccc2Cl)c1. The molecule has 0 saturated heterocycles. The smallest absolute Gasteiger partial charge is 0.124 e. The largest absolute Gasteiger partial charge is 0.488 e. The standard InChI is InChI=1S/C16H18ClNO/c1-11-7-8-14(12(2)18)16(9-11)19-10-13-5-3-4-6-15(13)17/h3-9,12H,10,18H2,1-2H3/t12-/m1/s1. The molecule has 2 rings (SSSR count). The Labute approximate surface area is 119 Å². The van der Waals surface area contributed by atoms with Crippen molar-refractivity contribution in [2.24, 2.45) is 5.73 Å². The Kier molecular flexibility index (Phi) is 4.46. The number of ether oxygens (including phenoxy) is 1. The number of nitrogens with two attached hydrogens (primary N) is 1. The van der Waals surface area contributed by atoms with Crippen LogP contribution in [0.15, 0.2) is 42.5 Å². The van der Waals surface area contributed by atoms with E-state index in [1.807, 2.05) is 56.3 Å². The molecule has 0 aliphatic carbocycles. The van der Waals surface area contributed by atoms with Crippen molar-refractivity contribution in [1.82, 2.24) is 0 Å². The quantitative estimate of drug-likeness (QED) is 0.905. The van der Waals surface area contributed by atoms with Crippen molar-refractivity contribution in [3.8, 4) is 5.75 Å². The van der Waals surface area contributed by atoms with Crippen molar-refractivity contribution in [2.45, 2.75) is 26.5 Å². The van der Waals surface area contributed by atoms with Gasteiger partial charge in [-0.05, 0) is 31.5 Å². The summed E-state index contributed by atoms with van der Waals surface area (Å²) in [7, 11) is 0. The third-order valence-electron chi connectivity index (χ3n) is 3.00. The molecule has 1 atom stereocenters. The van der Waals surface area contributed by atoms with Gasteiger partial charge < -0.3 is 10.5 Å². The molecule has 2 aromatic rings. The van der Waals surface area contributed by atoms with Crippen LogP contribution < -0.4 is 10.5 Å². The van der Waals surface area contributed by atoms with Gasteiger partial charge >= 0.3 is 0 Å². The highest BCUT2D eigenvalue weighted by Crippen LogP contribution is 2.26. The van der Waals surface area contributed by atoms with Crippen molar-refractivity contribution in [3.63, 3.8) is 0 Å². The molecule has 0 heterocycles. The third-order valence-corrected chi connectivity index (χ3v) is 3.37. The first-order valence-corrected chi connectivity index (χ1v) is 6.68. The van der Waals surface area contributed by atoms with Crippen molar-refractivity contribution in [3.05, 3.63) is 64.2 Å². The lowest BCUT2D eigenvalue weighted by Gasteiger charge is -2.15. The Bertz CT molecular complexity index is 566. The highest BCUT2D eigenvalue weighted by molar-refractivity contribution is 6.31. The van der Waals surface area contributed by atoms with E-state index in [1.54, 1.807) is 0 Å². The van der Waals surface area contributed by atoms with Crippen LogP contribution in [0.1, 0.15) is 29.7 Å². The molecule has 2 aromatic carbocycles. The van der Waals surface area contributed by atoms with Crippen LogP contribution in [0.5, 0.6) is 5.75 Å². The lowest BCUT2D eigenvalue weighted by molar-refractivity contribution is 0.301. The minimum Gasteiger partial charge on any atom is -0.488 e. The van der Waals surface area contributed by atoms with Gasteiger partial charge in [0, 0.05) is 22.2 Å². The van der Waals surface area contributed by atoms with Crippen molar-refractivity contribution in [1.29, 1.82) is 0 Å². The summed E-state index contributed by atoms with van der Waals surface area (Å²) in [6, 6.07) is 13.7. The van der Waals surface area contributed by atoms with Gasteiger partial charge in [0.2, 0.25) is 0 Å². The van der Waals surface area contributed by atoms with E-state index in [4.69, 9.17) is 22.1 Å². The van der Waals surface area contributed by atoms with Gasteiger partial charge in [0.1, 0.15) is 12.4 Å². The molecule has 0 aliphatic heterocycles. The molecule has 0 radical (unpaired) electrons. The van der Waals surface area contributed by atoms with Gasteiger partial charge in [0.25, 0.3) is 0 Å². The minimum atomic E-state index is -0.0538. The maximum absolute atomic E-state index is 6.12. The first kappa shape index (κ1) is 13.9. The lowest BCUT2D eigenvalue weighted by atomic mass is 10.1. The average Bonchev–Trinajstić information content (AvgIpc) is 2.37. The van der Waals surface area contributed by atoms with Gasteiger partial charge in [-0.1, -0.05) is 41.9 Å². The van der Waals surface area contributed by atoms with E-state index in [9.17, 15) is 0 Å². The number of rotatable bonds is 4. The molecule has 2 nitrogen and oxygen atoms in total. The third kappa shape index (κ3) is 3.49. The van der Waals surface area contributed by atoms with E-state index in [-0.39, 0.29) is 6.04 Å². The van der Waals surface area contributed by atoms with Gasteiger partial charge in [-0.2, -0.15) is 0 Å². The summed E-state index contributed by atoms with van der Waals surface area (Å²) in [6.45, 7) is 4.43. The van der Waals surface area contributed by atoms with Gasteiger partial charge in [-0.15, -0.1) is 0 Å². The van der Waals surface area contributed by atoms with E-state index >= 15 is 0 Å². The minimum absolute atomic E-state index is 0.0538. The second-order valence-electron chi connectivity index (χ2n) is 4.71. The highest BCUT2D eigenvalue weighted by Gasteiger charge is 2.09. The summed E-state index contributed by atoms with van der Waals surface area (Å²) in [5.74, 6) is 0.829. The lowest BCUT2D eigenvalue weighted by Crippen LogP contribution is -2.08. The molecule has 2 N–H and O–H groups in total. The molecule has 19 heavy (non-hydrogen) atoms. The Morgan fingerprint density at radius 1 is 1.21 bits per heavy atom. The van der Waals surface area contributed by atoms with Crippen LogP contribution in [-0.4, -0.2) is 0 Å². The molecule has 0 amide bonds. The monoisotopic (exact) mass is 275 g/mol. The van der Waals surface area contributed by atoms with Crippen molar-refractivity contribution >= 4 is 11.6 Å². The summed E-state index contributed by atoms with van der Waals surface area (Å²) >= 11 is 6.12. The van der Waals surface area contributed by atoms with Crippen LogP contribution in [-0.2, 0) is 6.61 Å². The molecule has 0 fully saturated rings. The van der Waals surface area contributed by atoms with Crippen molar-refractivity contribution < 1.29 is 4.74 Å². The topological polar surface area (TPSA) is 35.2 Å². The summed E-state index contributed by atoms with van der Waals surface area (Å²) < 4.78 is 5.88. The zero-order valence-electron chi connectivity index (χ0n) is 11.2. The summed E-state index contributed by atoms with van der Waals surface area (Å²) in [5, 5.41) is 0.720. The molecule has 0 bridgehead atoms. The van der Waals surface area contributed by atoms with Gasteiger partial charge in [-0.3, -0.25) is 0 Å². The number of benzene rings is 2. The summed E-state index contributed by atoms with van der Waals surface area (Å²) in [5.41, 5.74) is 9.09. The highest BCUT2D eigenvalue weighted by atomic mass is 35.5. The van der Waals surface area contributed by atoms with Crippen LogP contribution >= 0.6 is 11.6 Å². The van der Waals surface area contributed by atoms with E-state index in [1.165, 1.54) is 0 Å². The molecule has 0 spiro atoms. The second kappa shape index (κ2) is 6.09. The first-order chi connectivity index (χ1) is 9.08. The molecule has 100 valence electrons. The Morgan fingerprint density at radius 3 is 2.63 bits per heavy atom. The van der Waals surface area contributed by atoms with Crippen LogP contribution in [0.25, 0.3) is 0 Å². The summed E-state index contributed by atoms with van der Waals surface area (Å²) in [6.07, 6.45) is 0. The van der Waals surface area contributed by atoms with Crippen LogP contribution in [0.3, 0.4) is 0 Å². The van der Waals surface area contributed by atoms with Crippen molar-refractivity contribution in [2.75, 3.05) is 0 Å². The fourth-order valence-corrected chi connectivity index (χ4v) is 2.10. The molecule has 0 aliphatic rings. The van der Waals surface area contributed by atoms with E-state index in [0.717, 1.165) is 27.5 Å². The Morgan fingerprint density at radius 2 is 1.95 bits per heavy atom. The molecule has 3 heteroatoms. The van der Waals surface area contributed by atoms with Gasteiger partial charge in [0.05, 0.1) is 0 Å². The number of hydrogen-bond donors (Lipinski definition) is 1. The number of aryl methyl sites for hydroxylation is 1. The average molecular weight is 276 g/mol. The number of hydrogen-bond acceptors (Lipinski definition) is 2. The van der Waals surface area contributed by atoms with E-state index in [0.29, 0.717) is 6.61 Å². The molecule has 0 saturated carbocycles. The second-order valence-corrected chi connectivity index (χ2v) is 5.12.